The molecule has 1 aromatic carbocycles. The summed E-state index contributed by atoms with van der Waals surface area (Å²) < 4.78 is 0. The predicted octanol–water partition coefficient (Wildman–Crippen LogP) is 3.23. The number of nitrogens with one attached hydrogen (secondary N) is 2. The van der Waals surface area contributed by atoms with Gasteiger partial charge in [-0.25, -0.2) is 9.78 Å². The van der Waals surface area contributed by atoms with E-state index in [1.807, 2.05) is 12.3 Å². The smallest absolute Gasteiger partial charge is 0.324 e. The van der Waals surface area contributed by atoms with E-state index in [0.29, 0.717) is 17.1 Å². The number of hydrogen-bond acceptors (Lipinski definition) is 3. The van der Waals surface area contributed by atoms with Gasteiger partial charge >= 0.3 is 12.0 Å². The Morgan fingerprint density at radius 3 is 2.67 bits per heavy atom. The number of urea groups is 1. The van der Waals surface area contributed by atoms with E-state index >= 15 is 0 Å². The number of aryl methyl sites for hydroxylation is 2. The molecule has 0 radical (unpaired) electrons. The van der Waals surface area contributed by atoms with Gasteiger partial charge in [0.25, 0.3) is 0 Å². The van der Waals surface area contributed by atoms with Crippen LogP contribution >= 0.6 is 0 Å². The third kappa shape index (κ3) is 4.10. The zero-order chi connectivity index (χ0) is 16.9. The van der Waals surface area contributed by atoms with Crippen LogP contribution in [0, 0.1) is 0 Å². The van der Waals surface area contributed by atoms with Gasteiger partial charge in [-0.05, 0) is 60.6 Å². The fourth-order valence-electron chi connectivity index (χ4n) is 2.89. The Morgan fingerprint density at radius 1 is 1.08 bits per heavy atom. The number of pyridine rings is 1. The summed E-state index contributed by atoms with van der Waals surface area (Å²) in [6, 6.07) is 8.31. The molecule has 0 fully saturated rings. The molecule has 1 aromatic heterocycles. The first-order chi connectivity index (χ1) is 11.6. The Balaban J connectivity index is 1.64. The second-order valence-electron chi connectivity index (χ2n) is 5.90. The first-order valence-corrected chi connectivity index (χ1v) is 7.97. The molecule has 0 atom stereocenters. The summed E-state index contributed by atoms with van der Waals surface area (Å²) in [6.45, 7) is 0. The van der Waals surface area contributed by atoms with Crippen molar-refractivity contribution < 1.29 is 14.7 Å². The lowest BCUT2D eigenvalue weighted by atomic mass is 9.93. The number of benzene rings is 1. The molecule has 0 aliphatic heterocycles. The Hall–Kier alpha value is -2.89. The molecule has 1 aliphatic carbocycles. The van der Waals surface area contributed by atoms with Crippen molar-refractivity contribution in [2.75, 3.05) is 10.6 Å². The Bertz CT molecular complexity index is 774. The number of carboxylic acid groups (broad SMARTS) is 1. The van der Waals surface area contributed by atoms with E-state index in [0.717, 1.165) is 12.8 Å². The van der Waals surface area contributed by atoms with Crippen LogP contribution in [0.25, 0.3) is 0 Å². The third-order valence-corrected chi connectivity index (χ3v) is 4.01. The topological polar surface area (TPSA) is 91.3 Å². The van der Waals surface area contributed by atoms with Gasteiger partial charge < -0.3 is 10.4 Å². The Morgan fingerprint density at radius 2 is 1.88 bits per heavy atom. The van der Waals surface area contributed by atoms with E-state index in [4.69, 9.17) is 5.11 Å². The van der Waals surface area contributed by atoms with Gasteiger partial charge in [-0.15, -0.1) is 0 Å². The number of hydrogen-bond donors (Lipinski definition) is 3. The molecule has 1 aliphatic rings. The predicted molar refractivity (Wildman–Crippen MR) is 91.3 cm³/mol. The van der Waals surface area contributed by atoms with Gasteiger partial charge in [0, 0.05) is 11.9 Å². The van der Waals surface area contributed by atoms with Crippen molar-refractivity contribution in [2.45, 2.75) is 32.1 Å². The number of nitrogens with zero attached hydrogens (tertiary/aromatic N) is 1. The molecule has 2 aromatic rings. The van der Waals surface area contributed by atoms with Crippen molar-refractivity contribution in [3.8, 4) is 0 Å². The van der Waals surface area contributed by atoms with Crippen molar-refractivity contribution in [3.05, 3.63) is 53.2 Å². The molecule has 24 heavy (non-hydrogen) atoms. The maximum Gasteiger partial charge on any atom is 0.324 e. The third-order valence-electron chi connectivity index (χ3n) is 4.01. The quantitative estimate of drug-likeness (QED) is 0.805. The minimum atomic E-state index is -0.908. The van der Waals surface area contributed by atoms with Gasteiger partial charge in [-0.2, -0.15) is 0 Å². The highest BCUT2D eigenvalue weighted by Crippen LogP contribution is 2.22. The number of carbonyl (C=O) groups excluding carboxylic acids is 1. The molecule has 1 heterocycles. The van der Waals surface area contributed by atoms with Crippen molar-refractivity contribution in [2.24, 2.45) is 0 Å². The van der Waals surface area contributed by atoms with Crippen LogP contribution in [0.4, 0.5) is 16.3 Å². The number of amides is 2. The molecule has 0 saturated heterocycles. The normalized spacial score (nSPS) is 13.0. The largest absolute Gasteiger partial charge is 0.481 e. The fraction of sp³-hybridized carbons (Fsp3) is 0.278. The molecule has 6 nitrogen and oxygen atoms in total. The minimum absolute atomic E-state index is 0.0798. The number of carbonyl (C=O) groups is 2. The summed E-state index contributed by atoms with van der Waals surface area (Å²) in [7, 11) is 0. The number of anilines is 2. The van der Waals surface area contributed by atoms with E-state index in [9.17, 15) is 9.59 Å². The molecular weight excluding hydrogens is 306 g/mol. The molecule has 0 saturated carbocycles. The van der Waals surface area contributed by atoms with Gasteiger partial charge in [-0.1, -0.05) is 12.1 Å². The average Bonchev–Trinajstić information content (AvgIpc) is 2.54. The van der Waals surface area contributed by atoms with Crippen molar-refractivity contribution in [1.29, 1.82) is 0 Å². The Kier molecular flexibility index (Phi) is 4.74. The zero-order valence-electron chi connectivity index (χ0n) is 13.2. The summed E-state index contributed by atoms with van der Waals surface area (Å²) in [6.07, 6.45) is 6.17. The molecule has 0 spiro atoms. The van der Waals surface area contributed by atoms with Crippen LogP contribution < -0.4 is 10.6 Å². The highest BCUT2D eigenvalue weighted by molar-refractivity contribution is 5.99. The number of carboxylic acids is 1. The maximum absolute atomic E-state index is 12.1. The molecule has 0 bridgehead atoms. The molecule has 3 rings (SSSR count). The molecular formula is C18H19N3O3. The van der Waals surface area contributed by atoms with Crippen LogP contribution in [-0.4, -0.2) is 22.1 Å². The lowest BCUT2D eigenvalue weighted by Gasteiger charge is -2.16. The van der Waals surface area contributed by atoms with Gasteiger partial charge in [0.2, 0.25) is 0 Å². The maximum atomic E-state index is 12.1. The van der Waals surface area contributed by atoms with Gasteiger partial charge in [0.05, 0.1) is 6.42 Å². The zero-order valence-corrected chi connectivity index (χ0v) is 13.2. The Labute approximate surface area is 139 Å². The molecule has 2 amide bonds. The fourth-order valence-corrected chi connectivity index (χ4v) is 2.89. The van der Waals surface area contributed by atoms with Gasteiger partial charge in [0.15, 0.2) is 0 Å². The number of aliphatic carboxylic acids is 1. The summed E-state index contributed by atoms with van der Waals surface area (Å²) in [5.41, 5.74) is 3.68. The number of rotatable bonds is 4. The average molecular weight is 325 g/mol. The first kappa shape index (κ1) is 16.0. The monoisotopic (exact) mass is 325 g/mol. The molecule has 6 heteroatoms. The standard InChI is InChI=1S/C18H19N3O3/c22-17(23)9-12-4-3-7-15(8-12)20-18(24)21-16-10-13-5-1-2-6-14(13)11-19-16/h3-4,7-8,10-11H,1-2,5-6,9H2,(H,22,23)(H2,19,20,21,24). The highest BCUT2D eigenvalue weighted by atomic mass is 16.4. The lowest BCUT2D eigenvalue weighted by Crippen LogP contribution is -2.20. The van der Waals surface area contributed by atoms with E-state index in [-0.39, 0.29) is 6.42 Å². The second-order valence-corrected chi connectivity index (χ2v) is 5.90. The van der Waals surface area contributed by atoms with E-state index in [2.05, 4.69) is 15.6 Å². The van der Waals surface area contributed by atoms with E-state index < -0.39 is 12.0 Å². The summed E-state index contributed by atoms with van der Waals surface area (Å²) >= 11 is 0. The van der Waals surface area contributed by atoms with Crippen molar-refractivity contribution in [3.63, 3.8) is 0 Å². The number of aromatic nitrogens is 1. The van der Waals surface area contributed by atoms with Crippen molar-refractivity contribution in [1.82, 2.24) is 4.98 Å². The van der Waals surface area contributed by atoms with Gasteiger partial charge in [-0.3, -0.25) is 10.1 Å². The lowest BCUT2D eigenvalue weighted by molar-refractivity contribution is -0.136. The molecule has 0 unspecified atom stereocenters. The van der Waals surface area contributed by atoms with Crippen LogP contribution in [0.15, 0.2) is 36.5 Å². The van der Waals surface area contributed by atoms with E-state index in [1.165, 1.54) is 24.0 Å². The molecule has 3 N–H and O–H groups in total. The minimum Gasteiger partial charge on any atom is -0.481 e. The highest BCUT2D eigenvalue weighted by Gasteiger charge is 2.12. The molecule has 124 valence electrons. The second kappa shape index (κ2) is 7.12. The van der Waals surface area contributed by atoms with Crippen LogP contribution in [-0.2, 0) is 24.1 Å². The number of fused-ring (bicyclic) bond motifs is 1. The van der Waals surface area contributed by atoms with Gasteiger partial charge in [0.1, 0.15) is 5.82 Å². The summed E-state index contributed by atoms with van der Waals surface area (Å²) in [5.74, 6) is -0.385. The van der Waals surface area contributed by atoms with E-state index in [1.54, 1.807) is 24.3 Å². The SMILES string of the molecule is O=C(O)Cc1cccc(NC(=O)Nc2cc3c(cn2)CCCC3)c1. The van der Waals surface area contributed by atoms with Crippen LogP contribution in [0.3, 0.4) is 0 Å². The summed E-state index contributed by atoms with van der Waals surface area (Å²) in [4.78, 5) is 27.1. The van der Waals surface area contributed by atoms with Crippen LogP contribution in [0.2, 0.25) is 0 Å². The van der Waals surface area contributed by atoms with Crippen molar-refractivity contribution >= 4 is 23.5 Å². The van der Waals surface area contributed by atoms with Crippen LogP contribution in [0.5, 0.6) is 0 Å². The summed E-state index contributed by atoms with van der Waals surface area (Å²) in [5, 5.41) is 14.2. The van der Waals surface area contributed by atoms with Crippen LogP contribution in [0.1, 0.15) is 29.5 Å². The first-order valence-electron chi connectivity index (χ1n) is 7.97.